The van der Waals surface area contributed by atoms with E-state index in [1.54, 1.807) is 16.4 Å². The molecule has 2 unspecified atom stereocenters. The Morgan fingerprint density at radius 2 is 1.89 bits per heavy atom. The summed E-state index contributed by atoms with van der Waals surface area (Å²) < 4.78 is 26.7. The van der Waals surface area contributed by atoms with Gasteiger partial charge in [0.15, 0.2) is 5.78 Å². The maximum absolute atomic E-state index is 12.5. The molecule has 3 rings (SSSR count). The van der Waals surface area contributed by atoms with Crippen molar-refractivity contribution in [3.63, 3.8) is 0 Å². The number of rotatable bonds is 3. The Bertz CT molecular complexity index is 606. The van der Waals surface area contributed by atoms with Crippen LogP contribution in [0, 0.1) is 5.92 Å². The number of fused-ring (bicyclic) bond motifs is 2. The average Bonchev–Trinajstić information content (AvgIpc) is 3.01. The molecular weight excluding hydrogens is 262 g/mol. The summed E-state index contributed by atoms with van der Waals surface area (Å²) in [6.07, 6.45) is 3.14. The van der Waals surface area contributed by atoms with Crippen LogP contribution < -0.4 is 0 Å². The Morgan fingerprint density at radius 1 is 1.21 bits per heavy atom. The fourth-order valence-corrected chi connectivity index (χ4v) is 4.91. The molecule has 2 aliphatic rings. The highest BCUT2D eigenvalue weighted by Crippen LogP contribution is 2.40. The first-order chi connectivity index (χ1) is 8.98. The predicted octanol–water partition coefficient (Wildman–Crippen LogP) is 2.06. The summed E-state index contributed by atoms with van der Waals surface area (Å²) >= 11 is 0. The molecule has 0 spiro atoms. The van der Waals surface area contributed by atoms with Crippen LogP contribution in [0.2, 0.25) is 0 Å². The van der Waals surface area contributed by atoms with Gasteiger partial charge in [-0.15, -0.1) is 0 Å². The standard InChI is InChI=1S/C14H17NO3S/c1-10(16)12-3-6-14(7-4-12)19(17,18)15-9-11-2-5-13(15)8-11/h3-4,6-7,11,13H,2,5,8-9H2,1H3. The molecule has 1 aliphatic carbocycles. The number of carbonyl (C=O) groups excluding carboxylic acids is 1. The first-order valence-electron chi connectivity index (χ1n) is 6.61. The highest BCUT2D eigenvalue weighted by Gasteiger charge is 2.44. The molecule has 1 aliphatic heterocycles. The summed E-state index contributed by atoms with van der Waals surface area (Å²) in [7, 11) is -3.39. The number of nitrogens with zero attached hydrogens (tertiary/aromatic N) is 1. The second-order valence-corrected chi connectivity index (χ2v) is 7.38. The minimum atomic E-state index is -3.39. The van der Waals surface area contributed by atoms with Crippen LogP contribution in [0.15, 0.2) is 29.2 Å². The van der Waals surface area contributed by atoms with E-state index >= 15 is 0 Å². The number of benzene rings is 1. The van der Waals surface area contributed by atoms with Crippen molar-refractivity contribution < 1.29 is 13.2 Å². The summed E-state index contributed by atoms with van der Waals surface area (Å²) in [6, 6.07) is 6.44. The smallest absolute Gasteiger partial charge is 0.243 e. The number of hydrogen-bond acceptors (Lipinski definition) is 3. The lowest BCUT2D eigenvalue weighted by molar-refractivity contribution is 0.101. The summed E-state index contributed by atoms with van der Waals surface area (Å²) in [5.74, 6) is 0.487. The van der Waals surface area contributed by atoms with Crippen LogP contribution in [0.3, 0.4) is 0 Å². The number of Topliss-reactive ketones (excluding diaryl/α,β-unsaturated/α-hetero) is 1. The molecule has 1 heterocycles. The molecule has 2 atom stereocenters. The lowest BCUT2D eigenvalue weighted by Crippen LogP contribution is -2.37. The molecule has 1 saturated heterocycles. The Balaban J connectivity index is 1.90. The second-order valence-electron chi connectivity index (χ2n) is 5.49. The third-order valence-corrected chi connectivity index (χ3v) is 6.16. The van der Waals surface area contributed by atoms with Crippen molar-refractivity contribution in [2.24, 2.45) is 5.92 Å². The summed E-state index contributed by atoms with van der Waals surface area (Å²) in [5, 5.41) is 0. The number of sulfonamides is 1. The van der Waals surface area contributed by atoms with Crippen molar-refractivity contribution in [2.45, 2.75) is 37.1 Å². The predicted molar refractivity (Wildman–Crippen MR) is 71.5 cm³/mol. The third kappa shape index (κ3) is 2.11. The van der Waals surface area contributed by atoms with Crippen molar-refractivity contribution >= 4 is 15.8 Å². The number of ketones is 1. The number of carbonyl (C=O) groups is 1. The van der Waals surface area contributed by atoms with Gasteiger partial charge in [-0.2, -0.15) is 4.31 Å². The van der Waals surface area contributed by atoms with E-state index in [0.717, 1.165) is 19.3 Å². The van der Waals surface area contributed by atoms with Crippen molar-refractivity contribution in [3.05, 3.63) is 29.8 Å². The molecule has 1 aromatic carbocycles. The van der Waals surface area contributed by atoms with Crippen LogP contribution in [0.5, 0.6) is 0 Å². The first kappa shape index (κ1) is 12.8. The number of piperidine rings is 1. The summed E-state index contributed by atoms with van der Waals surface area (Å²) in [4.78, 5) is 11.5. The zero-order chi connectivity index (χ0) is 13.6. The molecule has 4 nitrogen and oxygen atoms in total. The van der Waals surface area contributed by atoms with E-state index in [2.05, 4.69) is 0 Å². The Morgan fingerprint density at radius 3 is 2.37 bits per heavy atom. The average molecular weight is 279 g/mol. The Hall–Kier alpha value is -1.20. The second kappa shape index (κ2) is 4.42. The van der Waals surface area contributed by atoms with E-state index in [-0.39, 0.29) is 11.8 Å². The quantitative estimate of drug-likeness (QED) is 0.796. The van der Waals surface area contributed by atoms with Gasteiger partial charge in [-0.3, -0.25) is 4.79 Å². The maximum atomic E-state index is 12.5. The Labute approximate surface area is 113 Å². The van der Waals surface area contributed by atoms with Gasteiger partial charge < -0.3 is 0 Å². The molecule has 102 valence electrons. The van der Waals surface area contributed by atoms with E-state index in [1.807, 2.05) is 0 Å². The van der Waals surface area contributed by atoms with E-state index in [1.165, 1.54) is 19.1 Å². The molecule has 0 N–H and O–H groups in total. The molecule has 19 heavy (non-hydrogen) atoms. The van der Waals surface area contributed by atoms with Crippen LogP contribution in [0.25, 0.3) is 0 Å². The molecule has 0 aromatic heterocycles. The largest absolute Gasteiger partial charge is 0.295 e. The van der Waals surface area contributed by atoms with E-state index < -0.39 is 10.0 Å². The maximum Gasteiger partial charge on any atom is 0.243 e. The van der Waals surface area contributed by atoms with Crippen molar-refractivity contribution in [1.29, 1.82) is 0 Å². The molecule has 1 saturated carbocycles. The van der Waals surface area contributed by atoms with Crippen LogP contribution in [-0.4, -0.2) is 31.1 Å². The van der Waals surface area contributed by atoms with Gasteiger partial charge in [0, 0.05) is 18.2 Å². The zero-order valence-corrected chi connectivity index (χ0v) is 11.7. The van der Waals surface area contributed by atoms with Gasteiger partial charge in [0.25, 0.3) is 0 Å². The molecule has 5 heteroatoms. The molecule has 1 aromatic rings. The fraction of sp³-hybridized carbons (Fsp3) is 0.500. The normalized spacial score (nSPS) is 26.8. The lowest BCUT2D eigenvalue weighted by Gasteiger charge is -2.26. The molecule has 0 amide bonds. The van der Waals surface area contributed by atoms with Crippen LogP contribution in [0.1, 0.15) is 36.5 Å². The SMILES string of the molecule is CC(=O)c1ccc(S(=O)(=O)N2CC3CCC2C3)cc1. The third-order valence-electron chi connectivity index (χ3n) is 4.23. The monoisotopic (exact) mass is 279 g/mol. The van der Waals surface area contributed by atoms with Crippen molar-refractivity contribution in [2.75, 3.05) is 6.54 Å². The van der Waals surface area contributed by atoms with Crippen molar-refractivity contribution in [3.8, 4) is 0 Å². The Kier molecular flexibility index (Phi) is 2.98. The lowest BCUT2D eigenvalue weighted by atomic mass is 10.1. The highest BCUT2D eigenvalue weighted by molar-refractivity contribution is 7.89. The van der Waals surface area contributed by atoms with E-state index in [9.17, 15) is 13.2 Å². The van der Waals surface area contributed by atoms with Crippen LogP contribution in [0.4, 0.5) is 0 Å². The van der Waals surface area contributed by atoms with E-state index in [0.29, 0.717) is 22.9 Å². The summed E-state index contributed by atoms with van der Waals surface area (Å²) in [6.45, 7) is 2.13. The van der Waals surface area contributed by atoms with Gasteiger partial charge in [-0.1, -0.05) is 12.1 Å². The van der Waals surface area contributed by atoms with Gasteiger partial charge in [0.1, 0.15) is 0 Å². The number of hydrogen-bond donors (Lipinski definition) is 0. The molecule has 2 fully saturated rings. The first-order valence-corrected chi connectivity index (χ1v) is 8.05. The highest BCUT2D eigenvalue weighted by atomic mass is 32.2. The van der Waals surface area contributed by atoms with E-state index in [4.69, 9.17) is 0 Å². The van der Waals surface area contributed by atoms with Gasteiger partial charge in [0.2, 0.25) is 10.0 Å². The fourth-order valence-electron chi connectivity index (χ4n) is 3.17. The topological polar surface area (TPSA) is 54.5 Å². The van der Waals surface area contributed by atoms with Gasteiger partial charge in [-0.25, -0.2) is 8.42 Å². The molecule has 2 bridgehead atoms. The minimum Gasteiger partial charge on any atom is -0.295 e. The van der Waals surface area contributed by atoms with Crippen molar-refractivity contribution in [1.82, 2.24) is 4.31 Å². The minimum absolute atomic E-state index is 0.0517. The summed E-state index contributed by atoms with van der Waals surface area (Å²) in [5.41, 5.74) is 0.543. The van der Waals surface area contributed by atoms with Gasteiger partial charge >= 0.3 is 0 Å². The van der Waals surface area contributed by atoms with Crippen LogP contribution in [-0.2, 0) is 10.0 Å². The van der Waals surface area contributed by atoms with Crippen LogP contribution >= 0.6 is 0 Å². The zero-order valence-electron chi connectivity index (χ0n) is 10.9. The van der Waals surface area contributed by atoms with Gasteiger partial charge in [0.05, 0.1) is 4.90 Å². The molecule has 0 radical (unpaired) electrons. The van der Waals surface area contributed by atoms with Gasteiger partial charge in [-0.05, 0) is 44.2 Å². The molecular formula is C14H17NO3S.